The van der Waals surface area contributed by atoms with E-state index in [1.807, 2.05) is 0 Å². The monoisotopic (exact) mass is 209 g/mol. The van der Waals surface area contributed by atoms with Crippen LogP contribution in [0.2, 0.25) is 5.02 Å². The van der Waals surface area contributed by atoms with Crippen LogP contribution in [0.3, 0.4) is 0 Å². The lowest BCUT2D eigenvalue weighted by Gasteiger charge is -2.02. The van der Waals surface area contributed by atoms with Gasteiger partial charge in [-0.2, -0.15) is 0 Å². The van der Waals surface area contributed by atoms with Crippen molar-refractivity contribution in [1.82, 2.24) is 0 Å². The molecular weight excluding hydrogens is 204 g/mol. The van der Waals surface area contributed by atoms with Crippen LogP contribution in [0.15, 0.2) is 18.2 Å². The fourth-order valence-corrected chi connectivity index (χ4v) is 0.972. The van der Waals surface area contributed by atoms with E-state index in [0.717, 1.165) is 0 Å². The average molecular weight is 210 g/mol. The summed E-state index contributed by atoms with van der Waals surface area (Å²) in [5, 5.41) is 0.482. The Morgan fingerprint density at radius 1 is 1.64 bits per heavy atom. The minimum absolute atomic E-state index is 0.204. The number of halogens is 1. The summed E-state index contributed by atoms with van der Waals surface area (Å²) < 4.78 is 4.41. The predicted molar refractivity (Wildman–Crippen MR) is 50.0 cm³/mol. The van der Waals surface area contributed by atoms with Crippen molar-refractivity contribution in [3.05, 3.63) is 40.4 Å². The van der Waals surface area contributed by atoms with Gasteiger partial charge in [-0.1, -0.05) is 5.56 Å². The zero-order chi connectivity index (χ0) is 10.6. The molecule has 72 valence electrons. The number of methoxy groups -OCH3 is 1. The van der Waals surface area contributed by atoms with Crippen LogP contribution in [-0.4, -0.2) is 23.6 Å². The summed E-state index contributed by atoms with van der Waals surface area (Å²) in [5.74, 6) is -0.730. The van der Waals surface area contributed by atoms with E-state index >= 15 is 0 Å². The molecule has 1 rings (SSSR count). The second-order valence-electron chi connectivity index (χ2n) is 2.36. The van der Waals surface area contributed by atoms with Crippen LogP contribution >= 0.6 is 11.6 Å². The summed E-state index contributed by atoms with van der Waals surface area (Å²) >= 11 is 5.62. The number of carbonyl (C=O) groups excluding carboxylic acids is 1. The van der Waals surface area contributed by atoms with E-state index in [1.54, 1.807) is 6.07 Å². The number of benzene rings is 1. The largest absolute Gasteiger partial charge is 0.467 e. The van der Waals surface area contributed by atoms with Gasteiger partial charge in [0.2, 0.25) is 0 Å². The van der Waals surface area contributed by atoms with Gasteiger partial charge in [0, 0.05) is 0 Å². The summed E-state index contributed by atoms with van der Waals surface area (Å²) in [6, 6.07) is 7.21. The number of hydrogen-bond donors (Lipinski definition) is 0. The van der Waals surface area contributed by atoms with Crippen molar-refractivity contribution in [2.45, 2.75) is 0 Å². The Morgan fingerprint density at radius 2 is 2.36 bits per heavy atom. The van der Waals surface area contributed by atoms with Crippen LogP contribution in [0.1, 0.15) is 5.56 Å². The Hall–Kier alpha value is -1.64. The van der Waals surface area contributed by atoms with E-state index in [-0.39, 0.29) is 5.71 Å². The molecule has 14 heavy (non-hydrogen) atoms. The number of nitrogens with zero attached hydrogens (tertiary/aromatic N) is 2. The lowest BCUT2D eigenvalue weighted by molar-refractivity contribution is -0.137. The molecule has 0 aliphatic heterocycles. The standard InChI is InChI=1S/C9H6ClN2O2/c1-14-9(13)8(12-11)6-2-4-7(10)5-3-6/h2,4-5H,1H3/q-1. The minimum atomic E-state index is -0.730. The first-order chi connectivity index (χ1) is 6.69. The molecule has 0 aromatic heterocycles. The van der Waals surface area contributed by atoms with Gasteiger partial charge in [0.25, 0.3) is 0 Å². The number of ether oxygens (including phenoxy) is 1. The van der Waals surface area contributed by atoms with E-state index in [2.05, 4.69) is 15.6 Å². The molecule has 1 aromatic carbocycles. The molecule has 0 saturated heterocycles. The highest BCUT2D eigenvalue weighted by atomic mass is 35.5. The topological polar surface area (TPSA) is 62.7 Å². The first-order valence-electron chi connectivity index (χ1n) is 3.67. The molecule has 0 unspecified atom stereocenters. The van der Waals surface area contributed by atoms with Crippen molar-refractivity contribution in [1.29, 1.82) is 0 Å². The maximum Gasteiger partial charge on any atom is 0.377 e. The molecular formula is C9H6ClN2O2-. The fourth-order valence-electron chi connectivity index (χ4n) is 0.854. The highest BCUT2D eigenvalue weighted by molar-refractivity contribution is 6.40. The Morgan fingerprint density at radius 3 is 2.79 bits per heavy atom. The van der Waals surface area contributed by atoms with Crippen LogP contribution in [0.5, 0.6) is 0 Å². The van der Waals surface area contributed by atoms with Gasteiger partial charge in [-0.15, -0.1) is 35.9 Å². The van der Waals surface area contributed by atoms with Crippen molar-refractivity contribution in [2.24, 2.45) is 0 Å². The highest BCUT2D eigenvalue weighted by Gasteiger charge is 2.15. The second kappa shape index (κ2) is 4.56. The zero-order valence-corrected chi connectivity index (χ0v) is 8.08. The summed E-state index contributed by atoms with van der Waals surface area (Å²) in [5.41, 5.74) is 8.70. The van der Waals surface area contributed by atoms with Crippen LogP contribution in [0.25, 0.3) is 5.53 Å². The van der Waals surface area contributed by atoms with Gasteiger partial charge in [-0.25, -0.2) is 9.58 Å². The number of esters is 1. The first kappa shape index (κ1) is 10.4. The molecule has 1 aromatic rings. The summed E-state index contributed by atoms with van der Waals surface area (Å²) in [4.78, 5) is 13.9. The lowest BCUT2D eigenvalue weighted by Crippen LogP contribution is -2.18. The molecule has 0 atom stereocenters. The van der Waals surface area contributed by atoms with Gasteiger partial charge in [-0.3, -0.25) is 0 Å². The summed E-state index contributed by atoms with van der Waals surface area (Å²) in [6.07, 6.45) is 0. The van der Waals surface area contributed by atoms with E-state index in [9.17, 15) is 4.79 Å². The van der Waals surface area contributed by atoms with Gasteiger partial charge < -0.3 is 10.3 Å². The van der Waals surface area contributed by atoms with Crippen molar-refractivity contribution >= 4 is 23.3 Å². The molecule has 0 aliphatic rings. The summed E-state index contributed by atoms with van der Waals surface area (Å²) in [7, 11) is 1.20. The number of carbonyl (C=O) groups is 1. The van der Waals surface area contributed by atoms with E-state index < -0.39 is 5.97 Å². The van der Waals surface area contributed by atoms with Crippen molar-refractivity contribution < 1.29 is 14.3 Å². The Kier molecular flexibility index (Phi) is 3.40. The molecule has 0 spiro atoms. The van der Waals surface area contributed by atoms with Crippen LogP contribution < -0.4 is 0 Å². The third-order valence-corrected chi connectivity index (χ3v) is 1.74. The molecule has 4 nitrogen and oxygen atoms in total. The maximum atomic E-state index is 11.1. The lowest BCUT2D eigenvalue weighted by atomic mass is 10.1. The van der Waals surface area contributed by atoms with Crippen molar-refractivity contribution in [2.75, 3.05) is 7.11 Å². The molecule has 0 heterocycles. The predicted octanol–water partition coefficient (Wildman–Crippen LogP) is 1.33. The van der Waals surface area contributed by atoms with Gasteiger partial charge >= 0.3 is 11.7 Å². The third-order valence-electron chi connectivity index (χ3n) is 1.51. The quantitative estimate of drug-likeness (QED) is 0.243. The Labute approximate surface area is 85.7 Å². The molecule has 0 amide bonds. The molecule has 0 aliphatic carbocycles. The normalized spacial score (nSPS) is 9.00. The summed E-state index contributed by atoms with van der Waals surface area (Å²) in [6.45, 7) is 0. The van der Waals surface area contributed by atoms with Gasteiger partial charge in [0.05, 0.1) is 7.11 Å². The van der Waals surface area contributed by atoms with Gasteiger partial charge in [0.1, 0.15) is 0 Å². The number of hydrogen-bond acceptors (Lipinski definition) is 2. The smallest absolute Gasteiger partial charge is 0.377 e. The van der Waals surface area contributed by atoms with Gasteiger partial charge in [0.15, 0.2) is 0 Å². The van der Waals surface area contributed by atoms with E-state index in [1.165, 1.54) is 19.2 Å². The minimum Gasteiger partial charge on any atom is -0.467 e. The zero-order valence-electron chi connectivity index (χ0n) is 7.32. The molecule has 0 bridgehead atoms. The SMILES string of the molecule is COC(=O)C(=[N+]=[N-])c1[c-]cc(Cl)cc1. The third kappa shape index (κ3) is 2.19. The first-order valence-corrected chi connectivity index (χ1v) is 4.05. The van der Waals surface area contributed by atoms with Crippen LogP contribution in [0.4, 0.5) is 0 Å². The Bertz CT molecular complexity index is 394. The Balaban J connectivity index is 3.09. The van der Waals surface area contributed by atoms with Crippen molar-refractivity contribution in [3.63, 3.8) is 0 Å². The van der Waals surface area contributed by atoms with Crippen molar-refractivity contribution in [3.8, 4) is 0 Å². The molecule has 0 fully saturated rings. The molecule has 5 heteroatoms. The van der Waals surface area contributed by atoms with E-state index in [0.29, 0.717) is 10.6 Å². The van der Waals surface area contributed by atoms with Gasteiger partial charge in [-0.05, 0) is 5.02 Å². The molecule has 0 saturated carbocycles. The molecule has 0 N–H and O–H groups in total. The van der Waals surface area contributed by atoms with Crippen LogP contribution in [-0.2, 0) is 9.53 Å². The highest BCUT2D eigenvalue weighted by Crippen LogP contribution is 2.09. The van der Waals surface area contributed by atoms with E-state index in [4.69, 9.17) is 17.1 Å². The maximum absolute atomic E-state index is 11.1. The average Bonchev–Trinajstić information content (AvgIpc) is 2.21. The second-order valence-corrected chi connectivity index (χ2v) is 2.80. The molecule has 0 radical (unpaired) electrons. The number of rotatable bonds is 2. The fraction of sp³-hybridized carbons (Fsp3) is 0.111. The van der Waals surface area contributed by atoms with Crippen LogP contribution in [0, 0.1) is 6.07 Å².